The molecule has 1 aromatic heterocycles. The zero-order valence-electron chi connectivity index (χ0n) is 12.5. The third-order valence-electron chi connectivity index (χ3n) is 3.72. The SMILES string of the molecule is Cc1cc(=O)oc2c(C(C)Nc3ccccc3)c(O)ccc12. The molecule has 0 aliphatic carbocycles. The van der Waals surface area contributed by atoms with Crippen molar-refractivity contribution >= 4 is 16.7 Å². The van der Waals surface area contributed by atoms with Crippen LogP contribution in [0.4, 0.5) is 5.69 Å². The highest BCUT2D eigenvalue weighted by molar-refractivity contribution is 5.85. The summed E-state index contributed by atoms with van der Waals surface area (Å²) in [7, 11) is 0. The van der Waals surface area contributed by atoms with Crippen molar-refractivity contribution in [3.63, 3.8) is 0 Å². The summed E-state index contributed by atoms with van der Waals surface area (Å²) in [5, 5.41) is 14.4. The van der Waals surface area contributed by atoms with E-state index in [0.717, 1.165) is 16.6 Å². The van der Waals surface area contributed by atoms with Crippen LogP contribution in [0.2, 0.25) is 0 Å². The lowest BCUT2D eigenvalue weighted by Gasteiger charge is -2.18. The van der Waals surface area contributed by atoms with Crippen LogP contribution in [-0.2, 0) is 0 Å². The zero-order chi connectivity index (χ0) is 15.7. The Hall–Kier alpha value is -2.75. The van der Waals surface area contributed by atoms with Crippen LogP contribution in [0.5, 0.6) is 5.75 Å². The third-order valence-corrected chi connectivity index (χ3v) is 3.72. The molecular weight excluding hydrogens is 278 g/mol. The average Bonchev–Trinajstić information content (AvgIpc) is 2.47. The van der Waals surface area contributed by atoms with Crippen molar-refractivity contribution in [1.29, 1.82) is 0 Å². The molecule has 0 aliphatic rings. The number of phenols is 1. The van der Waals surface area contributed by atoms with Gasteiger partial charge in [0.15, 0.2) is 0 Å². The van der Waals surface area contributed by atoms with Gasteiger partial charge in [0.1, 0.15) is 11.3 Å². The van der Waals surface area contributed by atoms with Crippen LogP contribution < -0.4 is 10.9 Å². The lowest BCUT2D eigenvalue weighted by Crippen LogP contribution is -2.09. The molecule has 0 radical (unpaired) electrons. The van der Waals surface area contributed by atoms with Crippen LogP contribution in [-0.4, -0.2) is 5.11 Å². The first-order valence-electron chi connectivity index (χ1n) is 7.14. The van der Waals surface area contributed by atoms with Gasteiger partial charge in [-0.05, 0) is 43.7 Å². The number of hydrogen-bond acceptors (Lipinski definition) is 4. The summed E-state index contributed by atoms with van der Waals surface area (Å²) >= 11 is 0. The van der Waals surface area contributed by atoms with Crippen LogP contribution in [0.1, 0.15) is 24.1 Å². The zero-order valence-corrected chi connectivity index (χ0v) is 12.5. The molecular formula is C18H17NO3. The molecule has 0 bridgehead atoms. The second kappa shape index (κ2) is 5.56. The Morgan fingerprint density at radius 3 is 2.59 bits per heavy atom. The number of anilines is 1. The summed E-state index contributed by atoms with van der Waals surface area (Å²) in [5.74, 6) is 0.109. The molecule has 1 atom stereocenters. The molecule has 0 saturated heterocycles. The molecule has 1 heterocycles. The van der Waals surface area contributed by atoms with E-state index in [0.29, 0.717) is 11.1 Å². The fraction of sp³-hybridized carbons (Fsp3) is 0.167. The predicted octanol–water partition coefficient (Wildman–Crippen LogP) is 3.98. The van der Waals surface area contributed by atoms with E-state index in [-0.39, 0.29) is 11.8 Å². The Bertz CT molecular complexity index is 869. The van der Waals surface area contributed by atoms with Crippen molar-refractivity contribution in [3.8, 4) is 5.75 Å². The Kier molecular flexibility index (Phi) is 3.59. The van der Waals surface area contributed by atoms with Crippen molar-refractivity contribution in [3.05, 3.63) is 70.1 Å². The first-order valence-corrected chi connectivity index (χ1v) is 7.14. The van der Waals surface area contributed by atoms with Crippen LogP contribution in [0.3, 0.4) is 0 Å². The van der Waals surface area contributed by atoms with Gasteiger partial charge in [0.2, 0.25) is 0 Å². The minimum atomic E-state index is -0.413. The number of fused-ring (bicyclic) bond motifs is 1. The highest BCUT2D eigenvalue weighted by atomic mass is 16.4. The average molecular weight is 295 g/mol. The number of nitrogens with one attached hydrogen (secondary N) is 1. The molecule has 2 aromatic carbocycles. The lowest BCUT2D eigenvalue weighted by molar-refractivity contribution is 0.462. The number of rotatable bonds is 3. The summed E-state index contributed by atoms with van der Waals surface area (Å²) in [5.41, 5.74) is 2.37. The van der Waals surface area contributed by atoms with Gasteiger partial charge >= 0.3 is 5.63 Å². The number of para-hydroxylation sites is 1. The van der Waals surface area contributed by atoms with Crippen molar-refractivity contribution in [2.24, 2.45) is 0 Å². The quantitative estimate of drug-likeness (QED) is 0.717. The van der Waals surface area contributed by atoms with Crippen LogP contribution >= 0.6 is 0 Å². The maximum Gasteiger partial charge on any atom is 0.336 e. The fourth-order valence-electron chi connectivity index (χ4n) is 2.67. The molecule has 4 heteroatoms. The maximum atomic E-state index is 11.7. The standard InChI is InChI=1S/C18H17NO3/c1-11-10-16(21)22-18-14(11)8-9-15(20)17(18)12(2)19-13-6-4-3-5-7-13/h3-10,12,19-20H,1-2H3. The molecule has 22 heavy (non-hydrogen) atoms. The third kappa shape index (κ3) is 2.55. The smallest absolute Gasteiger partial charge is 0.336 e. The Balaban J connectivity index is 2.13. The summed E-state index contributed by atoms with van der Waals surface area (Å²) in [6, 6.07) is 14.3. The van der Waals surface area contributed by atoms with Gasteiger partial charge in [-0.15, -0.1) is 0 Å². The van der Waals surface area contributed by atoms with Crippen LogP contribution in [0.25, 0.3) is 11.0 Å². The van der Waals surface area contributed by atoms with E-state index in [1.165, 1.54) is 6.07 Å². The molecule has 0 amide bonds. The number of hydrogen-bond donors (Lipinski definition) is 2. The van der Waals surface area contributed by atoms with Gasteiger partial charge in [0.05, 0.1) is 11.6 Å². The molecule has 112 valence electrons. The van der Waals surface area contributed by atoms with Gasteiger partial charge < -0.3 is 14.8 Å². The van der Waals surface area contributed by atoms with Crippen molar-refractivity contribution in [1.82, 2.24) is 0 Å². The molecule has 0 saturated carbocycles. The molecule has 0 aliphatic heterocycles. The van der Waals surface area contributed by atoms with Crippen molar-refractivity contribution in [2.45, 2.75) is 19.9 Å². The van der Waals surface area contributed by atoms with E-state index in [1.54, 1.807) is 12.1 Å². The molecule has 3 aromatic rings. The van der Waals surface area contributed by atoms with Crippen molar-refractivity contribution < 1.29 is 9.52 Å². The Morgan fingerprint density at radius 2 is 1.86 bits per heavy atom. The van der Waals surface area contributed by atoms with Gasteiger partial charge in [-0.25, -0.2) is 4.79 Å². The van der Waals surface area contributed by atoms with Gasteiger partial charge in [-0.3, -0.25) is 0 Å². The maximum absolute atomic E-state index is 11.7. The first-order chi connectivity index (χ1) is 10.6. The summed E-state index contributed by atoms with van der Waals surface area (Å²) in [6.45, 7) is 3.78. The largest absolute Gasteiger partial charge is 0.507 e. The molecule has 2 N–H and O–H groups in total. The number of phenolic OH excluding ortho intramolecular Hbond substituents is 1. The summed E-state index contributed by atoms with van der Waals surface area (Å²) in [4.78, 5) is 11.7. The van der Waals surface area contributed by atoms with E-state index in [1.807, 2.05) is 44.2 Å². The molecule has 4 nitrogen and oxygen atoms in total. The monoisotopic (exact) mass is 295 g/mol. The van der Waals surface area contributed by atoms with E-state index in [2.05, 4.69) is 5.32 Å². The molecule has 0 fully saturated rings. The second-order valence-electron chi connectivity index (χ2n) is 5.36. The highest BCUT2D eigenvalue weighted by Gasteiger charge is 2.18. The highest BCUT2D eigenvalue weighted by Crippen LogP contribution is 2.34. The Labute approximate surface area is 128 Å². The van der Waals surface area contributed by atoms with Gasteiger partial charge in [0.25, 0.3) is 0 Å². The summed E-state index contributed by atoms with van der Waals surface area (Å²) in [6.07, 6.45) is 0. The molecule has 3 rings (SSSR count). The van der Waals surface area contributed by atoms with Crippen LogP contribution in [0, 0.1) is 6.92 Å². The molecule has 0 spiro atoms. The number of aryl methyl sites for hydroxylation is 1. The number of aromatic hydroxyl groups is 1. The minimum Gasteiger partial charge on any atom is -0.507 e. The lowest BCUT2D eigenvalue weighted by atomic mass is 10.0. The fourth-order valence-corrected chi connectivity index (χ4v) is 2.67. The predicted molar refractivity (Wildman–Crippen MR) is 87.4 cm³/mol. The van der Waals surface area contributed by atoms with Gasteiger partial charge in [-0.2, -0.15) is 0 Å². The normalized spacial score (nSPS) is 12.3. The first kappa shape index (κ1) is 14.2. The van der Waals surface area contributed by atoms with E-state index >= 15 is 0 Å². The van der Waals surface area contributed by atoms with E-state index in [4.69, 9.17) is 4.42 Å². The van der Waals surface area contributed by atoms with E-state index in [9.17, 15) is 9.90 Å². The minimum absolute atomic E-state index is 0.109. The Morgan fingerprint density at radius 1 is 1.14 bits per heavy atom. The molecule has 1 unspecified atom stereocenters. The topological polar surface area (TPSA) is 62.5 Å². The van der Waals surface area contributed by atoms with Gasteiger partial charge in [0, 0.05) is 17.1 Å². The van der Waals surface area contributed by atoms with Crippen LogP contribution in [0.15, 0.2) is 57.7 Å². The van der Waals surface area contributed by atoms with E-state index < -0.39 is 5.63 Å². The summed E-state index contributed by atoms with van der Waals surface area (Å²) < 4.78 is 5.36. The van der Waals surface area contributed by atoms with Gasteiger partial charge in [-0.1, -0.05) is 18.2 Å². The van der Waals surface area contributed by atoms with Crippen molar-refractivity contribution in [2.75, 3.05) is 5.32 Å². The number of benzene rings is 2. The second-order valence-corrected chi connectivity index (χ2v) is 5.36.